The standard InChI is InChI=1S/C13H25F2N/c1-2-3-4-7-10-16-12-8-5-6-9-13(14,15)11-12/h12,16H,2-11H2,1H3. The molecule has 0 saturated heterocycles. The molecule has 3 heteroatoms. The van der Waals surface area contributed by atoms with E-state index < -0.39 is 5.92 Å². The van der Waals surface area contributed by atoms with E-state index in [1.54, 1.807) is 0 Å². The molecule has 16 heavy (non-hydrogen) atoms. The predicted molar refractivity (Wildman–Crippen MR) is 64.0 cm³/mol. The van der Waals surface area contributed by atoms with E-state index in [4.69, 9.17) is 0 Å². The summed E-state index contributed by atoms with van der Waals surface area (Å²) >= 11 is 0. The fourth-order valence-corrected chi connectivity index (χ4v) is 2.37. The number of nitrogens with one attached hydrogen (secondary N) is 1. The number of hydrogen-bond acceptors (Lipinski definition) is 1. The van der Waals surface area contributed by atoms with Gasteiger partial charge >= 0.3 is 0 Å². The third-order valence-corrected chi connectivity index (χ3v) is 3.35. The topological polar surface area (TPSA) is 12.0 Å². The molecule has 1 N–H and O–H groups in total. The van der Waals surface area contributed by atoms with Crippen molar-refractivity contribution in [3.8, 4) is 0 Å². The molecule has 1 unspecified atom stereocenters. The van der Waals surface area contributed by atoms with Crippen LogP contribution in [-0.4, -0.2) is 18.5 Å². The molecule has 1 aliphatic rings. The Morgan fingerprint density at radius 2 is 2.00 bits per heavy atom. The van der Waals surface area contributed by atoms with Gasteiger partial charge in [-0.1, -0.05) is 32.6 Å². The zero-order chi connectivity index (χ0) is 11.9. The zero-order valence-electron chi connectivity index (χ0n) is 10.4. The average molecular weight is 233 g/mol. The van der Waals surface area contributed by atoms with Gasteiger partial charge in [0.1, 0.15) is 0 Å². The van der Waals surface area contributed by atoms with E-state index in [9.17, 15) is 8.78 Å². The van der Waals surface area contributed by atoms with Crippen LogP contribution in [0.3, 0.4) is 0 Å². The molecule has 0 amide bonds. The van der Waals surface area contributed by atoms with E-state index in [1.165, 1.54) is 19.3 Å². The minimum atomic E-state index is -2.43. The van der Waals surface area contributed by atoms with Crippen molar-refractivity contribution in [2.75, 3.05) is 6.54 Å². The van der Waals surface area contributed by atoms with Crippen LogP contribution in [0.5, 0.6) is 0 Å². The minimum absolute atomic E-state index is 0.0409. The second-order valence-electron chi connectivity index (χ2n) is 5.02. The van der Waals surface area contributed by atoms with Crippen LogP contribution in [0.4, 0.5) is 8.78 Å². The molecule has 0 aromatic heterocycles. The Hall–Kier alpha value is -0.180. The summed E-state index contributed by atoms with van der Waals surface area (Å²) in [6, 6.07) is 0.0409. The summed E-state index contributed by atoms with van der Waals surface area (Å²) in [7, 11) is 0. The van der Waals surface area contributed by atoms with Gasteiger partial charge in [0.05, 0.1) is 0 Å². The fourth-order valence-electron chi connectivity index (χ4n) is 2.37. The first-order valence-electron chi connectivity index (χ1n) is 6.75. The van der Waals surface area contributed by atoms with Crippen LogP contribution >= 0.6 is 0 Å². The smallest absolute Gasteiger partial charge is 0.249 e. The van der Waals surface area contributed by atoms with Crippen molar-refractivity contribution in [3.05, 3.63) is 0 Å². The Bertz CT molecular complexity index is 183. The number of alkyl halides is 2. The van der Waals surface area contributed by atoms with Gasteiger partial charge in [-0.05, 0) is 25.8 Å². The van der Waals surface area contributed by atoms with E-state index in [0.717, 1.165) is 25.8 Å². The Labute approximate surface area is 98.0 Å². The highest BCUT2D eigenvalue weighted by atomic mass is 19.3. The Balaban J connectivity index is 2.14. The highest BCUT2D eigenvalue weighted by Crippen LogP contribution is 2.31. The van der Waals surface area contributed by atoms with Crippen molar-refractivity contribution in [1.29, 1.82) is 0 Å². The number of rotatable bonds is 6. The molecule has 1 saturated carbocycles. The molecule has 1 fully saturated rings. The summed E-state index contributed by atoms with van der Waals surface area (Å²) in [4.78, 5) is 0. The maximum Gasteiger partial charge on any atom is 0.249 e. The summed E-state index contributed by atoms with van der Waals surface area (Å²) < 4.78 is 26.6. The molecule has 0 bridgehead atoms. The molecule has 1 atom stereocenters. The van der Waals surface area contributed by atoms with Crippen molar-refractivity contribution in [3.63, 3.8) is 0 Å². The lowest BCUT2D eigenvalue weighted by atomic mass is 10.1. The van der Waals surface area contributed by atoms with Crippen LogP contribution in [0, 0.1) is 0 Å². The van der Waals surface area contributed by atoms with E-state index in [-0.39, 0.29) is 18.9 Å². The van der Waals surface area contributed by atoms with Crippen LogP contribution in [0.15, 0.2) is 0 Å². The number of unbranched alkanes of at least 4 members (excludes halogenated alkanes) is 3. The molecule has 1 rings (SSSR count). The maximum absolute atomic E-state index is 13.3. The quantitative estimate of drug-likeness (QED) is 0.537. The first kappa shape index (κ1) is 13.9. The van der Waals surface area contributed by atoms with Gasteiger partial charge in [-0.25, -0.2) is 8.78 Å². The highest BCUT2D eigenvalue weighted by Gasteiger charge is 2.33. The fraction of sp³-hybridized carbons (Fsp3) is 1.00. The van der Waals surface area contributed by atoms with E-state index in [2.05, 4.69) is 12.2 Å². The molecule has 1 aliphatic carbocycles. The summed E-state index contributed by atoms with van der Waals surface area (Å²) in [6.45, 7) is 3.08. The Morgan fingerprint density at radius 1 is 1.19 bits per heavy atom. The molecule has 0 heterocycles. The van der Waals surface area contributed by atoms with Crippen molar-refractivity contribution in [2.24, 2.45) is 0 Å². The molecular weight excluding hydrogens is 208 g/mol. The third kappa shape index (κ3) is 5.78. The van der Waals surface area contributed by atoms with Crippen LogP contribution in [0.2, 0.25) is 0 Å². The summed E-state index contributed by atoms with van der Waals surface area (Å²) in [5.41, 5.74) is 0. The van der Waals surface area contributed by atoms with Gasteiger partial charge in [0.2, 0.25) is 5.92 Å². The first-order valence-corrected chi connectivity index (χ1v) is 6.75. The van der Waals surface area contributed by atoms with Crippen molar-refractivity contribution >= 4 is 0 Å². The second-order valence-corrected chi connectivity index (χ2v) is 5.02. The van der Waals surface area contributed by atoms with Crippen LogP contribution in [-0.2, 0) is 0 Å². The van der Waals surface area contributed by atoms with Crippen LogP contribution < -0.4 is 5.32 Å². The Morgan fingerprint density at radius 3 is 2.75 bits per heavy atom. The Kier molecular flexibility index (Phi) is 6.25. The van der Waals surface area contributed by atoms with E-state index in [1.807, 2.05) is 0 Å². The highest BCUT2D eigenvalue weighted by molar-refractivity contribution is 4.80. The SMILES string of the molecule is CCCCCCNC1CCCCC(F)(F)C1. The van der Waals surface area contributed by atoms with Gasteiger partial charge in [-0.3, -0.25) is 0 Å². The summed E-state index contributed by atoms with van der Waals surface area (Å²) in [5, 5.41) is 3.30. The van der Waals surface area contributed by atoms with Crippen LogP contribution in [0.1, 0.15) is 64.7 Å². The lowest BCUT2D eigenvalue weighted by Gasteiger charge is -2.20. The van der Waals surface area contributed by atoms with Gasteiger partial charge in [0.15, 0.2) is 0 Å². The normalized spacial score (nSPS) is 25.3. The van der Waals surface area contributed by atoms with Crippen molar-refractivity contribution in [2.45, 2.75) is 76.7 Å². The molecule has 0 radical (unpaired) electrons. The third-order valence-electron chi connectivity index (χ3n) is 3.35. The largest absolute Gasteiger partial charge is 0.314 e. The molecule has 1 nitrogen and oxygen atoms in total. The summed E-state index contributed by atoms with van der Waals surface area (Å²) in [6.07, 6.45) is 7.49. The minimum Gasteiger partial charge on any atom is -0.314 e. The first-order chi connectivity index (χ1) is 7.64. The number of halogens is 2. The van der Waals surface area contributed by atoms with Gasteiger partial charge in [0.25, 0.3) is 0 Å². The van der Waals surface area contributed by atoms with E-state index >= 15 is 0 Å². The predicted octanol–water partition coefficient (Wildman–Crippen LogP) is 4.12. The number of hydrogen-bond donors (Lipinski definition) is 1. The van der Waals surface area contributed by atoms with Crippen molar-refractivity contribution < 1.29 is 8.78 Å². The summed E-state index contributed by atoms with van der Waals surface area (Å²) in [5.74, 6) is -2.43. The van der Waals surface area contributed by atoms with Crippen molar-refractivity contribution in [1.82, 2.24) is 5.32 Å². The van der Waals surface area contributed by atoms with Crippen LogP contribution in [0.25, 0.3) is 0 Å². The average Bonchev–Trinajstić information content (AvgIpc) is 2.39. The lowest BCUT2D eigenvalue weighted by Crippen LogP contribution is -2.34. The zero-order valence-corrected chi connectivity index (χ0v) is 10.4. The second kappa shape index (κ2) is 7.21. The monoisotopic (exact) mass is 233 g/mol. The van der Waals surface area contributed by atoms with Gasteiger partial charge in [0, 0.05) is 18.9 Å². The maximum atomic E-state index is 13.3. The molecule has 0 aromatic carbocycles. The molecule has 0 spiro atoms. The lowest BCUT2D eigenvalue weighted by molar-refractivity contribution is -0.0200. The van der Waals surface area contributed by atoms with Gasteiger partial charge in [-0.2, -0.15) is 0 Å². The molecule has 96 valence electrons. The molecule has 0 aliphatic heterocycles. The molecular formula is C13H25F2N. The van der Waals surface area contributed by atoms with Gasteiger partial charge in [-0.15, -0.1) is 0 Å². The molecule has 0 aromatic rings. The van der Waals surface area contributed by atoms with E-state index in [0.29, 0.717) is 6.42 Å². The van der Waals surface area contributed by atoms with Gasteiger partial charge < -0.3 is 5.32 Å².